The molecule has 134 valence electrons. The van der Waals surface area contributed by atoms with Gasteiger partial charge in [-0.05, 0) is 37.4 Å². The second-order valence-corrected chi connectivity index (χ2v) is 8.67. The lowest BCUT2D eigenvalue weighted by Gasteiger charge is -2.21. The van der Waals surface area contributed by atoms with E-state index < -0.39 is 0 Å². The molecule has 1 aliphatic rings. The van der Waals surface area contributed by atoms with Crippen molar-refractivity contribution in [1.82, 2.24) is 9.36 Å². The van der Waals surface area contributed by atoms with Crippen molar-refractivity contribution in [2.75, 3.05) is 4.90 Å². The predicted molar refractivity (Wildman–Crippen MR) is 107 cm³/mol. The number of thiophene rings is 1. The van der Waals surface area contributed by atoms with E-state index in [2.05, 4.69) is 0 Å². The van der Waals surface area contributed by atoms with Gasteiger partial charge >= 0.3 is 0 Å². The highest BCUT2D eigenvalue weighted by Gasteiger charge is 2.43. The molecule has 1 fully saturated rings. The predicted octanol–water partition coefficient (Wildman–Crippen LogP) is 3.71. The summed E-state index contributed by atoms with van der Waals surface area (Å²) < 4.78 is 3.44. The lowest BCUT2D eigenvalue weighted by atomic mass is 10.2. The second-order valence-electron chi connectivity index (χ2n) is 6.26. The Labute approximate surface area is 159 Å². The molecule has 2 atom stereocenters. The monoisotopic (exact) mass is 385 g/mol. The van der Waals surface area contributed by atoms with Crippen molar-refractivity contribution in [2.45, 2.75) is 24.5 Å². The van der Waals surface area contributed by atoms with Crippen molar-refractivity contribution in [3.8, 4) is 5.69 Å². The Bertz CT molecular complexity index is 1010. The minimum atomic E-state index is -0.175. The molecule has 1 saturated heterocycles. The first-order chi connectivity index (χ1) is 12.5. The Hall–Kier alpha value is -2.25. The highest BCUT2D eigenvalue weighted by atomic mass is 32.2. The molecule has 0 aliphatic carbocycles. The Morgan fingerprint density at radius 2 is 1.77 bits per heavy atom. The van der Waals surface area contributed by atoms with Gasteiger partial charge in [0.25, 0.3) is 5.56 Å². The fourth-order valence-corrected chi connectivity index (χ4v) is 5.50. The van der Waals surface area contributed by atoms with E-state index in [4.69, 9.17) is 0 Å². The van der Waals surface area contributed by atoms with Gasteiger partial charge < -0.3 is 0 Å². The molecule has 0 N–H and O–H groups in total. The van der Waals surface area contributed by atoms with Gasteiger partial charge in [0, 0.05) is 11.9 Å². The van der Waals surface area contributed by atoms with E-state index in [1.165, 1.54) is 0 Å². The van der Waals surface area contributed by atoms with Crippen LogP contribution in [0.15, 0.2) is 52.6 Å². The number of rotatable bonds is 3. The average Bonchev–Trinajstić information content (AvgIpc) is 3.31. The minimum Gasteiger partial charge on any atom is -0.287 e. The maximum absolute atomic E-state index is 13.3. The molecular formula is C19H19N3O2S2. The van der Waals surface area contributed by atoms with E-state index in [1.807, 2.05) is 73.4 Å². The molecule has 7 heteroatoms. The highest BCUT2D eigenvalue weighted by Crippen LogP contribution is 2.46. The summed E-state index contributed by atoms with van der Waals surface area (Å²) in [7, 11) is 1.85. The van der Waals surface area contributed by atoms with Crippen LogP contribution in [0.4, 0.5) is 5.69 Å². The van der Waals surface area contributed by atoms with Crippen LogP contribution in [0, 0.1) is 6.92 Å². The summed E-state index contributed by atoms with van der Waals surface area (Å²) in [5, 5.41) is 1.67. The van der Waals surface area contributed by atoms with Crippen LogP contribution in [0.1, 0.15) is 22.9 Å². The van der Waals surface area contributed by atoms with E-state index in [9.17, 15) is 9.59 Å². The molecule has 5 nitrogen and oxygen atoms in total. The Morgan fingerprint density at radius 3 is 2.42 bits per heavy atom. The quantitative estimate of drug-likeness (QED) is 0.690. The smallest absolute Gasteiger partial charge is 0.287 e. The number of anilines is 1. The third-order valence-corrected chi connectivity index (χ3v) is 7.11. The molecule has 1 aliphatic heterocycles. The van der Waals surface area contributed by atoms with Gasteiger partial charge in [0.05, 0.1) is 16.6 Å². The normalized spacial score (nSPS) is 20.1. The number of thioether (sulfide) groups is 1. The first-order valence-electron chi connectivity index (χ1n) is 8.36. The maximum Gasteiger partial charge on any atom is 0.295 e. The molecule has 0 saturated carbocycles. The number of benzene rings is 1. The number of para-hydroxylation sites is 1. The summed E-state index contributed by atoms with van der Waals surface area (Å²) in [4.78, 5) is 29.0. The summed E-state index contributed by atoms with van der Waals surface area (Å²) in [6.45, 7) is 3.80. The first-order valence-corrected chi connectivity index (χ1v) is 10.2. The SMILES string of the molecule is Cc1c(N2C(=O)[C@@H](C)S[C@H]2c2cccs2)c(=O)n(-c2ccccc2)n1C. The van der Waals surface area contributed by atoms with Crippen molar-refractivity contribution < 1.29 is 4.79 Å². The van der Waals surface area contributed by atoms with Crippen LogP contribution in [0.2, 0.25) is 0 Å². The number of hydrogen-bond donors (Lipinski definition) is 0. The molecule has 0 spiro atoms. The number of hydrogen-bond acceptors (Lipinski definition) is 4. The molecular weight excluding hydrogens is 366 g/mol. The van der Waals surface area contributed by atoms with E-state index in [0.29, 0.717) is 5.69 Å². The number of amides is 1. The summed E-state index contributed by atoms with van der Waals surface area (Å²) in [6, 6.07) is 13.5. The fraction of sp³-hybridized carbons (Fsp3) is 0.263. The topological polar surface area (TPSA) is 47.2 Å². The Morgan fingerprint density at radius 1 is 1.04 bits per heavy atom. The van der Waals surface area contributed by atoms with Gasteiger partial charge in [-0.25, -0.2) is 4.68 Å². The molecule has 3 heterocycles. The van der Waals surface area contributed by atoms with Gasteiger partial charge in [0.2, 0.25) is 5.91 Å². The minimum absolute atomic E-state index is 0.0144. The number of carbonyl (C=O) groups excluding carboxylic acids is 1. The van der Waals surface area contributed by atoms with Gasteiger partial charge in [0.15, 0.2) is 0 Å². The summed E-state index contributed by atoms with van der Waals surface area (Å²) in [5.41, 5.74) is 1.87. The van der Waals surface area contributed by atoms with Crippen molar-refractivity contribution >= 4 is 34.7 Å². The molecule has 26 heavy (non-hydrogen) atoms. The van der Waals surface area contributed by atoms with Crippen molar-refractivity contribution in [3.05, 3.63) is 68.8 Å². The van der Waals surface area contributed by atoms with Crippen LogP contribution in [0.3, 0.4) is 0 Å². The maximum atomic E-state index is 13.3. The number of aromatic nitrogens is 2. The first kappa shape index (κ1) is 17.2. The molecule has 0 bridgehead atoms. The third kappa shape index (κ3) is 2.54. The standard InChI is InChI=1S/C19H19N3O2S2/c1-12-16(18(24)22(20(12)3)14-8-5-4-6-9-14)21-17(23)13(2)26-19(21)15-10-7-11-25-15/h4-11,13,19H,1-3H3/t13-,19+/m1/s1. The van der Waals surface area contributed by atoms with Gasteiger partial charge in [-0.15, -0.1) is 23.1 Å². The van der Waals surface area contributed by atoms with Crippen LogP contribution in [-0.4, -0.2) is 20.5 Å². The zero-order chi connectivity index (χ0) is 18.4. The molecule has 1 amide bonds. The molecule has 1 aromatic carbocycles. The molecule has 3 aromatic rings. The van der Waals surface area contributed by atoms with Gasteiger partial charge in [-0.3, -0.25) is 19.2 Å². The molecule has 2 aromatic heterocycles. The summed E-state index contributed by atoms with van der Waals surface area (Å²) in [6.07, 6.45) is 0. The Balaban J connectivity index is 1.90. The Kier molecular flexibility index (Phi) is 4.28. The van der Waals surface area contributed by atoms with Crippen molar-refractivity contribution in [1.29, 1.82) is 0 Å². The number of carbonyl (C=O) groups is 1. The second kappa shape index (κ2) is 6.48. The van der Waals surface area contributed by atoms with E-state index in [0.717, 1.165) is 16.3 Å². The van der Waals surface area contributed by atoms with Gasteiger partial charge in [-0.1, -0.05) is 24.3 Å². The van der Waals surface area contributed by atoms with Gasteiger partial charge in [-0.2, -0.15) is 0 Å². The van der Waals surface area contributed by atoms with Crippen molar-refractivity contribution in [2.24, 2.45) is 7.05 Å². The third-order valence-electron chi connectivity index (χ3n) is 4.70. The summed E-state index contributed by atoms with van der Waals surface area (Å²) in [5.74, 6) is -0.0144. The zero-order valence-corrected chi connectivity index (χ0v) is 16.4. The lowest BCUT2D eigenvalue weighted by Crippen LogP contribution is -2.34. The highest BCUT2D eigenvalue weighted by molar-refractivity contribution is 8.01. The molecule has 0 radical (unpaired) electrons. The van der Waals surface area contributed by atoms with E-state index in [-0.39, 0.29) is 22.1 Å². The van der Waals surface area contributed by atoms with Crippen LogP contribution in [-0.2, 0) is 11.8 Å². The van der Waals surface area contributed by atoms with Crippen LogP contribution in [0.25, 0.3) is 5.69 Å². The zero-order valence-electron chi connectivity index (χ0n) is 14.7. The van der Waals surface area contributed by atoms with E-state index in [1.54, 1.807) is 32.7 Å². The summed E-state index contributed by atoms with van der Waals surface area (Å²) >= 11 is 3.20. The lowest BCUT2D eigenvalue weighted by molar-refractivity contribution is -0.117. The molecule has 4 rings (SSSR count). The van der Waals surface area contributed by atoms with Crippen LogP contribution in [0.5, 0.6) is 0 Å². The largest absolute Gasteiger partial charge is 0.295 e. The molecule has 0 unspecified atom stereocenters. The van der Waals surface area contributed by atoms with Crippen LogP contribution >= 0.6 is 23.1 Å². The van der Waals surface area contributed by atoms with Gasteiger partial charge in [0.1, 0.15) is 11.1 Å². The van der Waals surface area contributed by atoms with Crippen molar-refractivity contribution in [3.63, 3.8) is 0 Å². The number of nitrogens with zero attached hydrogens (tertiary/aromatic N) is 3. The van der Waals surface area contributed by atoms with Crippen LogP contribution < -0.4 is 10.5 Å². The average molecular weight is 386 g/mol. The fourth-order valence-electron chi connectivity index (χ4n) is 3.31. The van der Waals surface area contributed by atoms with E-state index >= 15 is 0 Å².